The number of rotatable bonds is 4. The number of anilines is 1. The van der Waals surface area contributed by atoms with Crippen LogP contribution in [0, 0.1) is 0 Å². The Morgan fingerprint density at radius 3 is 2.61 bits per heavy atom. The molecule has 1 aromatic heterocycles. The van der Waals surface area contributed by atoms with Crippen LogP contribution in [-0.2, 0) is 0 Å². The van der Waals surface area contributed by atoms with Crippen LogP contribution < -0.4 is 10.1 Å². The van der Waals surface area contributed by atoms with E-state index in [9.17, 15) is 9.59 Å². The summed E-state index contributed by atoms with van der Waals surface area (Å²) in [7, 11) is 1.53. The van der Waals surface area contributed by atoms with Crippen LogP contribution in [-0.4, -0.2) is 41.9 Å². The number of aromatic nitrogens is 1. The van der Waals surface area contributed by atoms with E-state index in [1.165, 1.54) is 7.11 Å². The third-order valence-electron chi connectivity index (χ3n) is 4.92. The molecule has 2 amide bonds. The summed E-state index contributed by atoms with van der Waals surface area (Å²) in [6, 6.07) is 16.3. The zero-order chi connectivity index (χ0) is 19.5. The Morgan fingerprint density at radius 1 is 1.04 bits per heavy atom. The number of likely N-dealkylation sites (tertiary alicyclic amines) is 1. The van der Waals surface area contributed by atoms with Gasteiger partial charge in [-0.1, -0.05) is 24.3 Å². The summed E-state index contributed by atoms with van der Waals surface area (Å²) in [6.07, 6.45) is 2.05. The third-order valence-corrected chi connectivity index (χ3v) is 4.92. The molecule has 0 radical (unpaired) electrons. The van der Waals surface area contributed by atoms with Crippen LogP contribution >= 0.6 is 0 Å². The molecule has 1 fully saturated rings. The van der Waals surface area contributed by atoms with E-state index >= 15 is 0 Å². The summed E-state index contributed by atoms with van der Waals surface area (Å²) in [5.41, 5.74) is 2.04. The first-order valence-electron chi connectivity index (χ1n) is 9.30. The van der Waals surface area contributed by atoms with E-state index in [0.29, 0.717) is 22.7 Å². The minimum Gasteiger partial charge on any atom is -0.495 e. The fourth-order valence-electron chi connectivity index (χ4n) is 3.42. The molecule has 1 aliphatic heterocycles. The molecular weight excluding hydrogens is 354 g/mol. The highest BCUT2D eigenvalue weighted by atomic mass is 16.5. The SMILES string of the molecule is COc1ccc(C(=O)N2CCCC2)cc1NC(=O)c1ccc2ccccc2n1. The molecule has 2 heterocycles. The van der Waals surface area contributed by atoms with Gasteiger partial charge in [-0.2, -0.15) is 0 Å². The Hall–Kier alpha value is -3.41. The van der Waals surface area contributed by atoms with E-state index in [1.54, 1.807) is 24.3 Å². The number of methoxy groups -OCH3 is 1. The maximum Gasteiger partial charge on any atom is 0.274 e. The van der Waals surface area contributed by atoms with E-state index in [2.05, 4.69) is 10.3 Å². The van der Waals surface area contributed by atoms with Crippen molar-refractivity contribution >= 4 is 28.4 Å². The van der Waals surface area contributed by atoms with Crippen LogP contribution in [0.15, 0.2) is 54.6 Å². The number of benzene rings is 2. The number of ether oxygens (including phenoxy) is 1. The van der Waals surface area contributed by atoms with E-state index in [4.69, 9.17) is 4.74 Å². The molecule has 0 unspecified atom stereocenters. The smallest absolute Gasteiger partial charge is 0.274 e. The Kier molecular flexibility index (Phi) is 4.93. The van der Waals surface area contributed by atoms with Gasteiger partial charge in [0, 0.05) is 24.0 Å². The van der Waals surface area contributed by atoms with E-state index < -0.39 is 0 Å². The lowest BCUT2D eigenvalue weighted by atomic mass is 10.1. The maximum absolute atomic E-state index is 12.7. The van der Waals surface area contributed by atoms with Crippen LogP contribution in [0.2, 0.25) is 0 Å². The number of amides is 2. The normalized spacial score (nSPS) is 13.5. The van der Waals surface area contributed by atoms with Crippen LogP contribution in [0.25, 0.3) is 10.9 Å². The van der Waals surface area contributed by atoms with Gasteiger partial charge in [0.1, 0.15) is 11.4 Å². The second kappa shape index (κ2) is 7.68. The van der Waals surface area contributed by atoms with Gasteiger partial charge < -0.3 is 15.0 Å². The number of nitrogens with zero attached hydrogens (tertiary/aromatic N) is 2. The highest BCUT2D eigenvalue weighted by Gasteiger charge is 2.21. The lowest BCUT2D eigenvalue weighted by Gasteiger charge is -2.17. The molecule has 1 N–H and O–H groups in total. The van der Waals surface area contributed by atoms with Crippen molar-refractivity contribution in [3.05, 3.63) is 65.9 Å². The van der Waals surface area contributed by atoms with Gasteiger partial charge in [-0.25, -0.2) is 4.98 Å². The molecule has 6 nitrogen and oxygen atoms in total. The second-order valence-corrected chi connectivity index (χ2v) is 6.76. The molecular formula is C22H21N3O3. The first kappa shape index (κ1) is 18.0. The largest absolute Gasteiger partial charge is 0.495 e. The number of hydrogen-bond acceptors (Lipinski definition) is 4. The molecule has 3 aromatic rings. The molecule has 0 bridgehead atoms. The van der Waals surface area contributed by atoms with E-state index in [-0.39, 0.29) is 11.8 Å². The Balaban J connectivity index is 1.60. The van der Waals surface area contributed by atoms with Gasteiger partial charge in [-0.05, 0) is 43.2 Å². The average molecular weight is 375 g/mol. The molecule has 6 heteroatoms. The Labute approximate surface area is 163 Å². The maximum atomic E-state index is 12.7. The molecule has 2 aromatic carbocycles. The zero-order valence-corrected chi connectivity index (χ0v) is 15.6. The number of carbonyl (C=O) groups is 2. The molecule has 28 heavy (non-hydrogen) atoms. The average Bonchev–Trinajstić information content (AvgIpc) is 3.27. The van der Waals surface area contributed by atoms with E-state index in [0.717, 1.165) is 36.8 Å². The number of hydrogen-bond donors (Lipinski definition) is 1. The quantitative estimate of drug-likeness (QED) is 0.754. The zero-order valence-electron chi connectivity index (χ0n) is 15.6. The highest BCUT2D eigenvalue weighted by Crippen LogP contribution is 2.27. The predicted octanol–water partition coefficient (Wildman–Crippen LogP) is 3.73. The van der Waals surface area contributed by atoms with Crippen molar-refractivity contribution < 1.29 is 14.3 Å². The molecule has 4 rings (SSSR count). The molecule has 0 spiro atoms. The van der Waals surface area contributed by atoms with E-state index in [1.807, 2.05) is 35.2 Å². The molecule has 0 saturated carbocycles. The number of pyridine rings is 1. The fraction of sp³-hybridized carbons (Fsp3) is 0.227. The molecule has 1 saturated heterocycles. The van der Waals surface area contributed by atoms with Crippen molar-refractivity contribution in [1.82, 2.24) is 9.88 Å². The number of para-hydroxylation sites is 1. The van der Waals surface area contributed by atoms with Gasteiger partial charge in [-0.15, -0.1) is 0 Å². The molecule has 0 aliphatic carbocycles. The minimum absolute atomic E-state index is 0.0283. The molecule has 142 valence electrons. The summed E-state index contributed by atoms with van der Waals surface area (Å²) < 4.78 is 5.35. The van der Waals surface area contributed by atoms with Gasteiger partial charge >= 0.3 is 0 Å². The first-order chi connectivity index (χ1) is 13.7. The lowest BCUT2D eigenvalue weighted by Crippen LogP contribution is -2.27. The van der Waals surface area contributed by atoms with Crippen molar-refractivity contribution in [2.45, 2.75) is 12.8 Å². The number of fused-ring (bicyclic) bond motifs is 1. The van der Waals surface area contributed by atoms with Crippen molar-refractivity contribution in [1.29, 1.82) is 0 Å². The molecule has 0 atom stereocenters. The second-order valence-electron chi connectivity index (χ2n) is 6.76. The van der Waals surface area contributed by atoms with Crippen molar-refractivity contribution in [2.24, 2.45) is 0 Å². The summed E-state index contributed by atoms with van der Waals surface area (Å²) in [6.45, 7) is 1.54. The summed E-state index contributed by atoms with van der Waals surface area (Å²) in [5, 5.41) is 3.80. The van der Waals surface area contributed by atoms with Crippen molar-refractivity contribution in [3.8, 4) is 5.75 Å². The monoisotopic (exact) mass is 375 g/mol. The van der Waals surface area contributed by atoms with Gasteiger partial charge in [0.25, 0.3) is 11.8 Å². The predicted molar refractivity (Wildman–Crippen MR) is 108 cm³/mol. The summed E-state index contributed by atoms with van der Waals surface area (Å²) in [5.74, 6) is 0.112. The third kappa shape index (κ3) is 3.53. The van der Waals surface area contributed by atoms with Gasteiger partial charge in [0.05, 0.1) is 18.3 Å². The van der Waals surface area contributed by atoms with Crippen molar-refractivity contribution in [3.63, 3.8) is 0 Å². The molecule has 1 aliphatic rings. The Morgan fingerprint density at radius 2 is 1.82 bits per heavy atom. The summed E-state index contributed by atoms with van der Waals surface area (Å²) >= 11 is 0. The van der Waals surface area contributed by atoms with Crippen LogP contribution in [0.1, 0.15) is 33.7 Å². The summed E-state index contributed by atoms with van der Waals surface area (Å²) in [4.78, 5) is 31.7. The highest BCUT2D eigenvalue weighted by molar-refractivity contribution is 6.06. The van der Waals surface area contributed by atoms with Gasteiger partial charge in [0.15, 0.2) is 0 Å². The Bertz CT molecular complexity index is 1040. The van der Waals surface area contributed by atoms with Crippen LogP contribution in [0.5, 0.6) is 5.75 Å². The van der Waals surface area contributed by atoms with Crippen molar-refractivity contribution in [2.75, 3.05) is 25.5 Å². The lowest BCUT2D eigenvalue weighted by molar-refractivity contribution is 0.0792. The minimum atomic E-state index is -0.352. The van der Waals surface area contributed by atoms with Crippen LogP contribution in [0.3, 0.4) is 0 Å². The standard InChI is InChI=1S/C22H21N3O3/c1-28-20-11-9-16(22(27)25-12-4-5-13-25)14-19(20)24-21(26)18-10-8-15-6-2-3-7-17(15)23-18/h2-3,6-11,14H,4-5,12-13H2,1H3,(H,24,26). The first-order valence-corrected chi connectivity index (χ1v) is 9.30. The van der Waals surface area contributed by atoms with Crippen LogP contribution in [0.4, 0.5) is 5.69 Å². The topological polar surface area (TPSA) is 71.5 Å². The fourth-order valence-corrected chi connectivity index (χ4v) is 3.42. The van der Waals surface area contributed by atoms with Gasteiger partial charge in [0.2, 0.25) is 0 Å². The number of nitrogens with one attached hydrogen (secondary N) is 1. The van der Waals surface area contributed by atoms with Gasteiger partial charge in [-0.3, -0.25) is 9.59 Å². The number of carbonyl (C=O) groups excluding carboxylic acids is 2.